The van der Waals surface area contributed by atoms with Crippen molar-refractivity contribution in [2.24, 2.45) is 0 Å². The van der Waals surface area contributed by atoms with Gasteiger partial charge in [-0.05, 0) is 13.0 Å². The maximum absolute atomic E-state index is 13.0. The van der Waals surface area contributed by atoms with Crippen LogP contribution in [-0.4, -0.2) is 26.7 Å². The van der Waals surface area contributed by atoms with Crippen molar-refractivity contribution >= 4 is 39.2 Å². The predicted molar refractivity (Wildman–Crippen MR) is 123 cm³/mol. The van der Waals surface area contributed by atoms with Crippen LogP contribution in [0.5, 0.6) is 0 Å². The number of thioether (sulfide) groups is 1. The van der Waals surface area contributed by atoms with Crippen LogP contribution in [0.4, 0.5) is 0 Å². The number of ketones is 1. The molecule has 30 heavy (non-hydrogen) atoms. The molecule has 0 spiro atoms. The summed E-state index contributed by atoms with van der Waals surface area (Å²) in [7, 11) is 0. The third kappa shape index (κ3) is 3.27. The fourth-order valence-corrected chi connectivity index (χ4v) is 4.68. The summed E-state index contributed by atoms with van der Waals surface area (Å²) in [5.74, 6) is 0.402. The van der Waals surface area contributed by atoms with Gasteiger partial charge in [-0.15, -0.1) is 10.2 Å². The summed E-state index contributed by atoms with van der Waals surface area (Å²) in [5.41, 5.74) is 4.53. The Morgan fingerprint density at radius 2 is 1.50 bits per heavy atom. The van der Waals surface area contributed by atoms with E-state index in [2.05, 4.69) is 21.2 Å². The maximum atomic E-state index is 13.0. The number of nitrogens with zero attached hydrogens (tertiary/aromatic N) is 2. The first-order chi connectivity index (χ1) is 14.7. The number of aromatic nitrogens is 3. The zero-order valence-electron chi connectivity index (χ0n) is 16.4. The average Bonchev–Trinajstić information content (AvgIpc) is 3.13. The van der Waals surface area contributed by atoms with Gasteiger partial charge in [-0.2, -0.15) is 0 Å². The molecule has 4 nitrogen and oxygen atoms in total. The standard InChI is InChI=1S/C25H19N3OS/c1-16-23(20-13-7-8-14-21(20)26-16)22(29)15-30-25-19-12-6-5-11-18(19)24(27-28-25)17-9-3-2-4-10-17/h2-14,26H,15H2,1H3. The number of nitrogens with one attached hydrogen (secondary N) is 1. The lowest BCUT2D eigenvalue weighted by atomic mass is 10.1. The molecule has 0 atom stereocenters. The molecule has 146 valence electrons. The van der Waals surface area contributed by atoms with E-state index >= 15 is 0 Å². The number of aromatic amines is 1. The van der Waals surface area contributed by atoms with Gasteiger partial charge in [0.15, 0.2) is 5.78 Å². The summed E-state index contributed by atoms with van der Waals surface area (Å²) in [4.78, 5) is 16.4. The Kier molecular flexibility index (Phi) is 4.81. The van der Waals surface area contributed by atoms with Crippen LogP contribution < -0.4 is 0 Å². The first-order valence-corrected chi connectivity index (χ1v) is 10.7. The summed E-state index contributed by atoms with van der Waals surface area (Å²) in [6.45, 7) is 1.95. The number of carbonyl (C=O) groups excluding carboxylic acids is 1. The number of fused-ring (bicyclic) bond motifs is 2. The summed E-state index contributed by atoms with van der Waals surface area (Å²) < 4.78 is 0. The Hall–Kier alpha value is -3.44. The number of hydrogen-bond donors (Lipinski definition) is 1. The van der Waals surface area contributed by atoms with E-state index in [-0.39, 0.29) is 5.78 Å². The van der Waals surface area contributed by atoms with Crippen molar-refractivity contribution in [3.8, 4) is 11.3 Å². The number of hydrogen-bond acceptors (Lipinski definition) is 4. The second-order valence-corrected chi connectivity index (χ2v) is 8.11. The second-order valence-electron chi connectivity index (χ2n) is 7.15. The molecule has 0 amide bonds. The molecular weight excluding hydrogens is 390 g/mol. The molecule has 5 rings (SSSR count). The van der Waals surface area contributed by atoms with Gasteiger partial charge in [0.1, 0.15) is 10.7 Å². The second kappa shape index (κ2) is 7.76. The summed E-state index contributed by atoms with van der Waals surface area (Å²) in [6.07, 6.45) is 0. The van der Waals surface area contributed by atoms with Crippen LogP contribution in [0.1, 0.15) is 16.1 Å². The van der Waals surface area contributed by atoms with E-state index in [1.165, 1.54) is 11.8 Å². The minimum atomic E-state index is 0.0907. The number of aryl methyl sites for hydroxylation is 1. The van der Waals surface area contributed by atoms with Crippen LogP contribution in [0.2, 0.25) is 0 Å². The number of benzene rings is 3. The topological polar surface area (TPSA) is 58.6 Å². The molecule has 5 aromatic rings. The molecule has 0 saturated heterocycles. The fraction of sp³-hybridized carbons (Fsp3) is 0.0800. The third-order valence-electron chi connectivity index (χ3n) is 5.21. The Balaban J connectivity index is 1.48. The Labute approximate surface area is 178 Å². The normalized spacial score (nSPS) is 11.2. The summed E-state index contributed by atoms with van der Waals surface area (Å²) in [6, 6.07) is 26.1. The van der Waals surface area contributed by atoms with Crippen molar-refractivity contribution in [2.75, 3.05) is 5.75 Å². The molecule has 0 fully saturated rings. The molecule has 0 saturated carbocycles. The summed E-state index contributed by atoms with van der Waals surface area (Å²) >= 11 is 1.44. The molecule has 0 aliphatic rings. The van der Waals surface area contributed by atoms with Crippen molar-refractivity contribution in [3.05, 3.63) is 90.1 Å². The van der Waals surface area contributed by atoms with Gasteiger partial charge in [0.05, 0.1) is 5.75 Å². The van der Waals surface area contributed by atoms with Gasteiger partial charge in [-0.3, -0.25) is 4.79 Å². The van der Waals surface area contributed by atoms with E-state index in [0.717, 1.165) is 49.2 Å². The van der Waals surface area contributed by atoms with Gasteiger partial charge < -0.3 is 4.98 Å². The van der Waals surface area contributed by atoms with Crippen molar-refractivity contribution in [3.63, 3.8) is 0 Å². The van der Waals surface area contributed by atoms with Gasteiger partial charge in [0, 0.05) is 38.5 Å². The van der Waals surface area contributed by atoms with Crippen LogP contribution >= 0.6 is 11.8 Å². The molecule has 0 radical (unpaired) electrons. The Morgan fingerprint density at radius 1 is 0.833 bits per heavy atom. The monoisotopic (exact) mass is 409 g/mol. The van der Waals surface area contributed by atoms with Gasteiger partial charge in [-0.1, -0.05) is 84.6 Å². The van der Waals surface area contributed by atoms with Crippen molar-refractivity contribution in [2.45, 2.75) is 11.9 Å². The molecular formula is C25H19N3OS. The van der Waals surface area contributed by atoms with Crippen molar-refractivity contribution < 1.29 is 4.79 Å². The van der Waals surface area contributed by atoms with Crippen molar-refractivity contribution in [1.29, 1.82) is 0 Å². The maximum Gasteiger partial charge on any atom is 0.175 e. The predicted octanol–water partition coefficient (Wildman–Crippen LogP) is 6.06. The molecule has 0 aliphatic heterocycles. The van der Waals surface area contributed by atoms with Crippen LogP contribution in [0, 0.1) is 6.92 Å². The summed E-state index contributed by atoms with van der Waals surface area (Å²) in [5, 5.41) is 12.8. The zero-order chi connectivity index (χ0) is 20.5. The van der Waals surface area contributed by atoms with Gasteiger partial charge >= 0.3 is 0 Å². The van der Waals surface area contributed by atoms with E-state index in [0.29, 0.717) is 5.75 Å². The van der Waals surface area contributed by atoms with Crippen LogP contribution in [0.3, 0.4) is 0 Å². The number of H-pyrrole nitrogens is 1. The van der Waals surface area contributed by atoms with E-state index in [4.69, 9.17) is 0 Å². The number of rotatable bonds is 5. The molecule has 0 aliphatic carbocycles. The van der Waals surface area contributed by atoms with Crippen LogP contribution in [0.15, 0.2) is 83.9 Å². The minimum absolute atomic E-state index is 0.0907. The lowest BCUT2D eigenvalue weighted by Gasteiger charge is -2.09. The third-order valence-corrected chi connectivity index (χ3v) is 6.19. The van der Waals surface area contributed by atoms with E-state index in [1.54, 1.807) is 0 Å². The highest BCUT2D eigenvalue weighted by Gasteiger charge is 2.18. The van der Waals surface area contributed by atoms with E-state index in [9.17, 15) is 4.79 Å². The zero-order valence-corrected chi connectivity index (χ0v) is 17.2. The highest BCUT2D eigenvalue weighted by Crippen LogP contribution is 2.32. The quantitative estimate of drug-likeness (QED) is 0.283. The lowest BCUT2D eigenvalue weighted by molar-refractivity contribution is 0.102. The van der Waals surface area contributed by atoms with Crippen molar-refractivity contribution in [1.82, 2.24) is 15.2 Å². The minimum Gasteiger partial charge on any atom is -0.358 e. The van der Waals surface area contributed by atoms with E-state index in [1.807, 2.05) is 79.7 Å². The van der Waals surface area contributed by atoms with Gasteiger partial charge in [0.25, 0.3) is 0 Å². The SMILES string of the molecule is Cc1[nH]c2ccccc2c1C(=O)CSc1nnc(-c2ccccc2)c2ccccc12. The lowest BCUT2D eigenvalue weighted by Crippen LogP contribution is -2.04. The molecule has 2 heterocycles. The Morgan fingerprint density at radius 3 is 2.30 bits per heavy atom. The highest BCUT2D eigenvalue weighted by molar-refractivity contribution is 8.00. The molecule has 0 unspecified atom stereocenters. The van der Waals surface area contributed by atoms with E-state index < -0.39 is 0 Å². The van der Waals surface area contributed by atoms with Gasteiger partial charge in [-0.25, -0.2) is 0 Å². The van der Waals surface area contributed by atoms with Crippen LogP contribution in [0.25, 0.3) is 32.9 Å². The molecule has 3 aromatic carbocycles. The fourth-order valence-electron chi connectivity index (χ4n) is 3.84. The first kappa shape index (κ1) is 18.6. The smallest absolute Gasteiger partial charge is 0.175 e. The first-order valence-electron chi connectivity index (χ1n) is 9.76. The number of Topliss-reactive ketones (excluding diaryl/α,β-unsaturated/α-hetero) is 1. The highest BCUT2D eigenvalue weighted by atomic mass is 32.2. The average molecular weight is 410 g/mol. The Bertz CT molecular complexity index is 1380. The molecule has 1 N–H and O–H groups in total. The van der Waals surface area contributed by atoms with Crippen LogP contribution in [-0.2, 0) is 0 Å². The molecule has 5 heteroatoms. The van der Waals surface area contributed by atoms with Gasteiger partial charge in [0.2, 0.25) is 0 Å². The molecule has 2 aromatic heterocycles. The number of carbonyl (C=O) groups is 1. The largest absolute Gasteiger partial charge is 0.358 e. The number of para-hydroxylation sites is 1. The molecule has 0 bridgehead atoms.